The predicted molar refractivity (Wildman–Crippen MR) is 125 cm³/mol. The van der Waals surface area contributed by atoms with E-state index in [-0.39, 0.29) is 11.8 Å². The van der Waals surface area contributed by atoms with Gasteiger partial charge < -0.3 is 10.6 Å². The number of piperidine rings is 1. The van der Waals surface area contributed by atoms with Gasteiger partial charge in [0.05, 0.1) is 16.1 Å². The second-order valence-corrected chi connectivity index (χ2v) is 8.76. The number of para-hydroxylation sites is 1. The molecule has 2 amide bonds. The van der Waals surface area contributed by atoms with Gasteiger partial charge in [-0.25, -0.2) is 0 Å². The van der Waals surface area contributed by atoms with E-state index in [1.165, 1.54) is 49.3 Å². The number of nitrogens with one attached hydrogen (secondary N) is 2. The van der Waals surface area contributed by atoms with Gasteiger partial charge in [0, 0.05) is 13.1 Å². The number of nitrogens with zero attached hydrogens (tertiary/aromatic N) is 1. The first kappa shape index (κ1) is 21.3. The van der Waals surface area contributed by atoms with Gasteiger partial charge in [-0.05, 0) is 60.6 Å². The molecule has 0 atom stereocenters. The third-order valence-electron chi connectivity index (χ3n) is 5.50. The number of anilines is 1. The van der Waals surface area contributed by atoms with E-state index in [0.717, 1.165) is 12.1 Å². The molecule has 1 saturated heterocycles. The molecule has 0 radical (unpaired) electrons. The van der Waals surface area contributed by atoms with Crippen LogP contribution in [-0.2, 0) is 13.1 Å². The average molecular weight is 434 g/mol. The predicted octanol–water partition coefficient (Wildman–Crippen LogP) is 4.92. The maximum Gasteiger partial charge on any atom is 0.265 e. The number of carbonyl (C=O) groups excluding carboxylic acids is 2. The van der Waals surface area contributed by atoms with Crippen LogP contribution in [0, 0.1) is 0 Å². The maximum atomic E-state index is 12.8. The third-order valence-corrected chi connectivity index (χ3v) is 6.36. The minimum absolute atomic E-state index is 0.209. The first-order chi connectivity index (χ1) is 15.2. The first-order valence-electron chi connectivity index (χ1n) is 10.7. The number of thiophene rings is 1. The number of likely N-dealkylation sites (tertiary alicyclic amines) is 1. The summed E-state index contributed by atoms with van der Waals surface area (Å²) in [4.78, 5) is 28.3. The number of benzene rings is 2. The van der Waals surface area contributed by atoms with Crippen molar-refractivity contribution in [2.24, 2.45) is 0 Å². The van der Waals surface area contributed by atoms with Crippen molar-refractivity contribution < 1.29 is 9.59 Å². The molecule has 4 rings (SSSR count). The summed E-state index contributed by atoms with van der Waals surface area (Å²) in [7, 11) is 0. The monoisotopic (exact) mass is 433 g/mol. The summed E-state index contributed by atoms with van der Waals surface area (Å²) in [5, 5.41) is 7.66. The van der Waals surface area contributed by atoms with Crippen LogP contribution in [-0.4, -0.2) is 29.8 Å². The lowest BCUT2D eigenvalue weighted by Gasteiger charge is -2.26. The Hall–Kier alpha value is -2.96. The topological polar surface area (TPSA) is 61.4 Å². The fourth-order valence-electron chi connectivity index (χ4n) is 3.80. The summed E-state index contributed by atoms with van der Waals surface area (Å²) in [6.45, 7) is 3.79. The van der Waals surface area contributed by atoms with E-state index in [9.17, 15) is 9.59 Å². The van der Waals surface area contributed by atoms with Crippen LogP contribution in [0.2, 0.25) is 0 Å². The molecule has 1 aliphatic rings. The van der Waals surface area contributed by atoms with Gasteiger partial charge in [0.1, 0.15) is 0 Å². The number of amides is 2. The Morgan fingerprint density at radius 1 is 0.839 bits per heavy atom. The lowest BCUT2D eigenvalue weighted by atomic mass is 10.1. The van der Waals surface area contributed by atoms with Gasteiger partial charge >= 0.3 is 0 Å². The Morgan fingerprint density at radius 3 is 2.32 bits per heavy atom. The summed E-state index contributed by atoms with van der Waals surface area (Å²) < 4.78 is 0. The Kier molecular flexibility index (Phi) is 7.12. The Bertz CT molecular complexity index is 1010. The quantitative estimate of drug-likeness (QED) is 0.556. The van der Waals surface area contributed by atoms with Crippen LogP contribution in [0.15, 0.2) is 66.0 Å². The van der Waals surface area contributed by atoms with Crippen molar-refractivity contribution >= 4 is 28.8 Å². The molecule has 2 aromatic carbocycles. The molecule has 3 aromatic rings. The molecular weight excluding hydrogens is 406 g/mol. The van der Waals surface area contributed by atoms with E-state index in [4.69, 9.17) is 0 Å². The molecule has 2 heterocycles. The van der Waals surface area contributed by atoms with Crippen molar-refractivity contribution in [3.63, 3.8) is 0 Å². The summed E-state index contributed by atoms with van der Waals surface area (Å²) in [6, 6.07) is 19.1. The van der Waals surface area contributed by atoms with Crippen LogP contribution >= 0.6 is 11.3 Å². The summed E-state index contributed by atoms with van der Waals surface area (Å²) >= 11 is 1.37. The summed E-state index contributed by atoms with van der Waals surface area (Å²) in [5.74, 6) is -0.418. The minimum atomic E-state index is -0.209. The zero-order chi connectivity index (χ0) is 21.5. The van der Waals surface area contributed by atoms with E-state index in [1.54, 1.807) is 24.3 Å². The van der Waals surface area contributed by atoms with Crippen molar-refractivity contribution in [3.8, 4) is 0 Å². The third kappa shape index (κ3) is 5.81. The molecule has 5 nitrogen and oxygen atoms in total. The Labute approximate surface area is 187 Å². The van der Waals surface area contributed by atoms with Gasteiger partial charge in [0.15, 0.2) is 0 Å². The zero-order valence-electron chi connectivity index (χ0n) is 17.5. The van der Waals surface area contributed by atoms with Crippen LogP contribution in [0.25, 0.3) is 0 Å². The van der Waals surface area contributed by atoms with E-state index in [2.05, 4.69) is 39.8 Å². The standard InChI is InChI=1S/C25H27N3O2S/c29-24(21-7-2-3-8-22(21)27-25(30)23-9-6-16-31-23)26-17-19-10-12-20(13-11-19)18-28-14-4-1-5-15-28/h2-3,6-13,16H,1,4-5,14-15,17-18H2,(H,26,29)(H,27,30). The van der Waals surface area contributed by atoms with Gasteiger partial charge in [-0.15, -0.1) is 11.3 Å². The molecular formula is C25H27N3O2S. The summed E-state index contributed by atoms with van der Waals surface area (Å²) in [6.07, 6.45) is 3.93. The van der Waals surface area contributed by atoms with Crippen LogP contribution in [0.5, 0.6) is 0 Å². The fourth-order valence-corrected chi connectivity index (χ4v) is 4.42. The number of rotatable bonds is 7. The number of carbonyl (C=O) groups is 2. The van der Waals surface area contributed by atoms with Gasteiger partial charge in [-0.2, -0.15) is 0 Å². The molecule has 31 heavy (non-hydrogen) atoms. The molecule has 0 unspecified atom stereocenters. The molecule has 0 aliphatic carbocycles. The van der Waals surface area contributed by atoms with E-state index in [1.807, 2.05) is 17.5 Å². The van der Waals surface area contributed by atoms with E-state index < -0.39 is 0 Å². The number of hydrogen-bond acceptors (Lipinski definition) is 4. The molecule has 1 fully saturated rings. The minimum Gasteiger partial charge on any atom is -0.348 e. The van der Waals surface area contributed by atoms with Gasteiger partial charge in [0.25, 0.3) is 11.8 Å². The fraction of sp³-hybridized carbons (Fsp3) is 0.280. The second-order valence-electron chi connectivity index (χ2n) is 7.81. The Morgan fingerprint density at radius 2 is 1.58 bits per heavy atom. The first-order valence-corrected chi connectivity index (χ1v) is 11.6. The molecule has 6 heteroatoms. The largest absolute Gasteiger partial charge is 0.348 e. The zero-order valence-corrected chi connectivity index (χ0v) is 18.3. The van der Waals surface area contributed by atoms with Crippen molar-refractivity contribution in [2.45, 2.75) is 32.4 Å². The van der Waals surface area contributed by atoms with Crippen LogP contribution in [0.4, 0.5) is 5.69 Å². The highest BCUT2D eigenvalue weighted by molar-refractivity contribution is 7.12. The van der Waals surface area contributed by atoms with Gasteiger partial charge in [-0.1, -0.05) is 48.9 Å². The highest BCUT2D eigenvalue weighted by atomic mass is 32.1. The molecule has 0 spiro atoms. The normalized spacial score (nSPS) is 14.2. The van der Waals surface area contributed by atoms with E-state index in [0.29, 0.717) is 22.7 Å². The molecule has 1 aliphatic heterocycles. The molecule has 0 bridgehead atoms. The van der Waals surface area contributed by atoms with Crippen molar-refractivity contribution in [1.29, 1.82) is 0 Å². The van der Waals surface area contributed by atoms with Crippen LogP contribution in [0.1, 0.15) is 50.4 Å². The van der Waals surface area contributed by atoms with Crippen LogP contribution < -0.4 is 10.6 Å². The Balaban J connectivity index is 1.34. The molecule has 2 N–H and O–H groups in total. The van der Waals surface area contributed by atoms with Crippen molar-refractivity contribution in [2.75, 3.05) is 18.4 Å². The average Bonchev–Trinajstić information content (AvgIpc) is 3.35. The summed E-state index contributed by atoms with van der Waals surface area (Å²) in [5.41, 5.74) is 3.32. The lowest BCUT2D eigenvalue weighted by molar-refractivity contribution is 0.0952. The van der Waals surface area contributed by atoms with Crippen molar-refractivity contribution in [1.82, 2.24) is 10.2 Å². The lowest BCUT2D eigenvalue weighted by Crippen LogP contribution is -2.29. The van der Waals surface area contributed by atoms with E-state index >= 15 is 0 Å². The highest BCUT2D eigenvalue weighted by Crippen LogP contribution is 2.18. The maximum absolute atomic E-state index is 12.8. The van der Waals surface area contributed by atoms with Gasteiger partial charge in [0.2, 0.25) is 0 Å². The molecule has 160 valence electrons. The molecule has 0 saturated carbocycles. The molecule has 1 aromatic heterocycles. The highest BCUT2D eigenvalue weighted by Gasteiger charge is 2.15. The van der Waals surface area contributed by atoms with Crippen molar-refractivity contribution in [3.05, 3.63) is 87.6 Å². The van der Waals surface area contributed by atoms with Crippen LogP contribution in [0.3, 0.4) is 0 Å². The smallest absolute Gasteiger partial charge is 0.265 e. The second kappa shape index (κ2) is 10.4. The van der Waals surface area contributed by atoms with Gasteiger partial charge in [-0.3, -0.25) is 14.5 Å². The number of hydrogen-bond donors (Lipinski definition) is 2. The SMILES string of the molecule is O=C(Nc1ccccc1C(=O)NCc1ccc(CN2CCCCC2)cc1)c1cccs1.